The maximum Gasteiger partial charge on any atom is 0.226 e. The molecule has 1 aliphatic carbocycles. The highest BCUT2D eigenvalue weighted by Gasteiger charge is 2.19. The van der Waals surface area contributed by atoms with Gasteiger partial charge in [0.25, 0.3) is 0 Å². The number of nitrogen functional groups attached to an aromatic ring is 1. The molecule has 114 valence electrons. The highest BCUT2D eigenvalue weighted by molar-refractivity contribution is 5.82. The molecule has 0 aliphatic heterocycles. The summed E-state index contributed by atoms with van der Waals surface area (Å²) >= 11 is 0. The van der Waals surface area contributed by atoms with Gasteiger partial charge in [-0.1, -0.05) is 32.6 Å². The molecule has 1 aliphatic rings. The van der Waals surface area contributed by atoms with Crippen LogP contribution < -0.4 is 11.1 Å². The number of hydrogen-bond donors (Lipinski definition) is 2. The average molecular weight is 288 g/mol. The molecule has 0 unspecified atom stereocenters. The van der Waals surface area contributed by atoms with Crippen molar-refractivity contribution in [2.24, 2.45) is 0 Å². The average Bonchev–Trinajstić information content (AvgIpc) is 2.93. The van der Waals surface area contributed by atoms with Crippen molar-refractivity contribution in [3.8, 4) is 0 Å². The molecule has 21 heavy (non-hydrogen) atoms. The van der Waals surface area contributed by atoms with Gasteiger partial charge < -0.3 is 15.6 Å². The quantitative estimate of drug-likeness (QED) is 0.826. The van der Waals surface area contributed by atoms with Gasteiger partial charge in [-0.25, -0.2) is 4.98 Å². The summed E-state index contributed by atoms with van der Waals surface area (Å²) in [5.41, 5.74) is 7.63. The molecule has 3 N–H and O–H groups in total. The highest BCUT2D eigenvalue weighted by atomic mass is 15.2. The van der Waals surface area contributed by atoms with Crippen molar-refractivity contribution in [2.45, 2.75) is 57.9 Å². The zero-order chi connectivity index (χ0) is 14.7. The fraction of sp³-hybridized carbons (Fsp3) is 0.667. The Morgan fingerprint density at radius 2 is 2.10 bits per heavy atom. The minimum Gasteiger partial charge on any atom is -0.382 e. The molecule has 0 amide bonds. The third kappa shape index (κ3) is 2.94. The highest BCUT2D eigenvalue weighted by Crippen LogP contribution is 2.31. The Labute approximate surface area is 125 Å². The number of rotatable bonds is 5. The fourth-order valence-corrected chi connectivity index (χ4v) is 3.02. The number of hydrogen-bond acceptors (Lipinski definition) is 5. The van der Waals surface area contributed by atoms with E-state index in [1.807, 2.05) is 6.33 Å². The lowest BCUT2D eigenvalue weighted by atomic mass is 9.95. The molecular weight excluding hydrogens is 264 g/mol. The smallest absolute Gasteiger partial charge is 0.226 e. The molecule has 0 saturated heterocycles. The zero-order valence-electron chi connectivity index (χ0n) is 12.7. The lowest BCUT2D eigenvalue weighted by Gasteiger charge is -2.23. The largest absolute Gasteiger partial charge is 0.382 e. The minimum absolute atomic E-state index is 0.466. The maximum atomic E-state index is 6.04. The standard InChI is InChI=1S/C15H24N6/c1-2-3-9-17-15-19-13(16)12-14(20-15)21(10-18-12)11-7-5-4-6-8-11/h10-11H,2-9H2,1H3,(H3,16,17,19,20). The second kappa shape index (κ2) is 6.28. The van der Waals surface area contributed by atoms with E-state index in [1.165, 1.54) is 32.1 Å². The van der Waals surface area contributed by atoms with Gasteiger partial charge in [0.15, 0.2) is 11.5 Å². The van der Waals surface area contributed by atoms with Crippen LogP contribution in [0.2, 0.25) is 0 Å². The van der Waals surface area contributed by atoms with E-state index in [4.69, 9.17) is 5.73 Å². The number of unbranched alkanes of at least 4 members (excludes halogenated alkanes) is 1. The van der Waals surface area contributed by atoms with Crippen molar-refractivity contribution in [3.05, 3.63) is 6.33 Å². The molecule has 0 bridgehead atoms. The molecule has 0 aromatic carbocycles. The molecule has 6 heteroatoms. The van der Waals surface area contributed by atoms with Crippen LogP contribution in [0.4, 0.5) is 11.8 Å². The Balaban J connectivity index is 1.90. The molecule has 0 atom stereocenters. The number of fused-ring (bicyclic) bond motifs is 1. The van der Waals surface area contributed by atoms with Crippen molar-refractivity contribution >= 4 is 22.9 Å². The molecule has 1 saturated carbocycles. The van der Waals surface area contributed by atoms with E-state index in [9.17, 15) is 0 Å². The van der Waals surface area contributed by atoms with Gasteiger partial charge in [-0.3, -0.25) is 0 Å². The molecule has 2 aromatic rings. The molecule has 6 nitrogen and oxygen atoms in total. The van der Waals surface area contributed by atoms with E-state index in [0.29, 0.717) is 17.8 Å². The summed E-state index contributed by atoms with van der Waals surface area (Å²) in [6, 6.07) is 0.501. The third-order valence-corrected chi connectivity index (χ3v) is 4.23. The third-order valence-electron chi connectivity index (χ3n) is 4.23. The van der Waals surface area contributed by atoms with Crippen LogP contribution in [0.25, 0.3) is 11.2 Å². The number of imidazole rings is 1. The topological polar surface area (TPSA) is 81.6 Å². The first kappa shape index (κ1) is 14.1. The predicted octanol–water partition coefficient (Wildman–Crippen LogP) is 3.13. The maximum absolute atomic E-state index is 6.04. The van der Waals surface area contributed by atoms with Crippen molar-refractivity contribution in [1.29, 1.82) is 0 Å². The molecular formula is C15H24N6. The van der Waals surface area contributed by atoms with Gasteiger partial charge in [-0.2, -0.15) is 9.97 Å². The van der Waals surface area contributed by atoms with Gasteiger partial charge in [0, 0.05) is 12.6 Å². The van der Waals surface area contributed by atoms with Crippen LogP contribution in [0.1, 0.15) is 57.9 Å². The van der Waals surface area contributed by atoms with Crippen molar-refractivity contribution in [3.63, 3.8) is 0 Å². The van der Waals surface area contributed by atoms with E-state index >= 15 is 0 Å². The van der Waals surface area contributed by atoms with E-state index < -0.39 is 0 Å². The minimum atomic E-state index is 0.466. The summed E-state index contributed by atoms with van der Waals surface area (Å²) in [5, 5.41) is 3.26. The van der Waals surface area contributed by atoms with Crippen LogP contribution in [0.3, 0.4) is 0 Å². The van der Waals surface area contributed by atoms with E-state index in [2.05, 4.69) is 31.8 Å². The molecule has 1 fully saturated rings. The predicted molar refractivity (Wildman–Crippen MR) is 85.3 cm³/mol. The molecule has 3 rings (SSSR count). The summed E-state index contributed by atoms with van der Waals surface area (Å²) < 4.78 is 2.19. The van der Waals surface area contributed by atoms with E-state index in [-0.39, 0.29) is 0 Å². The first-order chi connectivity index (χ1) is 10.3. The second-order valence-electron chi connectivity index (χ2n) is 5.83. The van der Waals surface area contributed by atoms with Crippen LogP contribution in [0.5, 0.6) is 0 Å². The van der Waals surface area contributed by atoms with Gasteiger partial charge >= 0.3 is 0 Å². The van der Waals surface area contributed by atoms with Gasteiger partial charge in [-0.15, -0.1) is 0 Å². The Bertz CT molecular complexity index is 599. The molecule has 0 spiro atoms. The fourth-order valence-electron chi connectivity index (χ4n) is 3.02. The lowest BCUT2D eigenvalue weighted by Crippen LogP contribution is -2.13. The van der Waals surface area contributed by atoms with E-state index in [0.717, 1.165) is 30.6 Å². The molecule has 0 radical (unpaired) electrons. The van der Waals surface area contributed by atoms with Crippen molar-refractivity contribution in [2.75, 3.05) is 17.6 Å². The van der Waals surface area contributed by atoms with Gasteiger partial charge in [0.2, 0.25) is 5.95 Å². The van der Waals surface area contributed by atoms with Gasteiger partial charge in [0.1, 0.15) is 5.52 Å². The van der Waals surface area contributed by atoms with Crippen molar-refractivity contribution in [1.82, 2.24) is 19.5 Å². The Morgan fingerprint density at radius 1 is 1.29 bits per heavy atom. The first-order valence-electron chi connectivity index (χ1n) is 8.03. The van der Waals surface area contributed by atoms with Gasteiger partial charge in [-0.05, 0) is 19.3 Å². The Hall–Kier alpha value is -1.85. The Kier molecular flexibility index (Phi) is 4.22. The molecule has 2 heterocycles. The lowest BCUT2D eigenvalue weighted by molar-refractivity contribution is 0.358. The summed E-state index contributed by atoms with van der Waals surface area (Å²) in [7, 11) is 0. The van der Waals surface area contributed by atoms with Crippen LogP contribution in [-0.4, -0.2) is 26.1 Å². The summed E-state index contributed by atoms with van der Waals surface area (Å²) in [6.07, 6.45) is 10.4. The molecule has 2 aromatic heterocycles. The first-order valence-corrected chi connectivity index (χ1v) is 8.03. The number of nitrogens with two attached hydrogens (primary N) is 1. The van der Waals surface area contributed by atoms with Crippen LogP contribution >= 0.6 is 0 Å². The number of nitrogens with zero attached hydrogens (tertiary/aromatic N) is 4. The SMILES string of the molecule is CCCCNc1nc(N)c2ncn(C3CCCCC3)c2n1. The Morgan fingerprint density at radius 3 is 2.86 bits per heavy atom. The van der Waals surface area contributed by atoms with Crippen LogP contribution in [-0.2, 0) is 0 Å². The number of aromatic nitrogens is 4. The monoisotopic (exact) mass is 288 g/mol. The van der Waals surface area contributed by atoms with Crippen molar-refractivity contribution < 1.29 is 0 Å². The normalized spacial score (nSPS) is 16.4. The zero-order valence-corrected chi connectivity index (χ0v) is 12.7. The van der Waals surface area contributed by atoms with Crippen LogP contribution in [0.15, 0.2) is 6.33 Å². The summed E-state index contributed by atoms with van der Waals surface area (Å²) in [6.45, 7) is 3.04. The number of anilines is 2. The summed E-state index contributed by atoms with van der Waals surface area (Å²) in [5.74, 6) is 1.08. The second-order valence-corrected chi connectivity index (χ2v) is 5.83. The van der Waals surface area contributed by atoms with E-state index in [1.54, 1.807) is 0 Å². The summed E-state index contributed by atoms with van der Waals surface area (Å²) in [4.78, 5) is 13.4. The van der Waals surface area contributed by atoms with Gasteiger partial charge in [0.05, 0.1) is 6.33 Å². The van der Waals surface area contributed by atoms with Crippen LogP contribution in [0, 0.1) is 0 Å². The number of nitrogens with one attached hydrogen (secondary N) is 1.